The predicted octanol–water partition coefficient (Wildman–Crippen LogP) is 4.63. The van der Waals surface area contributed by atoms with Crippen LogP contribution in [0.4, 0.5) is 10.1 Å². The number of ketones is 1. The van der Waals surface area contributed by atoms with Crippen molar-refractivity contribution in [2.24, 2.45) is 11.7 Å². The van der Waals surface area contributed by atoms with E-state index in [1.165, 1.54) is 42.6 Å². The summed E-state index contributed by atoms with van der Waals surface area (Å²) in [6.45, 7) is 0. The number of rotatable bonds is 5. The van der Waals surface area contributed by atoms with Crippen molar-refractivity contribution < 1.29 is 28.2 Å². The number of anilines is 1. The highest BCUT2D eigenvalue weighted by atomic mass is 32.1. The van der Waals surface area contributed by atoms with Gasteiger partial charge in [0.25, 0.3) is 0 Å². The third-order valence-corrected chi connectivity index (χ3v) is 7.98. The summed E-state index contributed by atoms with van der Waals surface area (Å²) >= 11 is 1.34. The second kappa shape index (κ2) is 10.3. The molecule has 2 aromatic carbocycles. The summed E-state index contributed by atoms with van der Waals surface area (Å²) in [5.74, 6) is -5.20. The monoisotopic (exact) mass is 532 g/mol. The largest absolute Gasteiger partial charge is 0.468 e. The Bertz CT molecular complexity index is 1470. The van der Waals surface area contributed by atoms with Crippen LogP contribution in [0.5, 0.6) is 0 Å². The minimum Gasteiger partial charge on any atom is -0.468 e. The fraction of sp³-hybridized carbons (Fsp3) is 0.207. The highest BCUT2D eigenvalue weighted by Gasteiger charge is 2.51. The zero-order chi connectivity index (χ0) is 27.0. The van der Waals surface area contributed by atoms with Crippen LogP contribution in [0.25, 0.3) is 0 Å². The van der Waals surface area contributed by atoms with Crippen LogP contribution in [0, 0.1) is 11.7 Å². The fourth-order valence-corrected chi connectivity index (χ4v) is 6.24. The van der Waals surface area contributed by atoms with E-state index in [0.29, 0.717) is 10.6 Å². The first-order valence-corrected chi connectivity index (χ1v) is 12.8. The van der Waals surface area contributed by atoms with Gasteiger partial charge in [0.15, 0.2) is 5.78 Å². The van der Waals surface area contributed by atoms with Gasteiger partial charge < -0.3 is 15.2 Å². The molecule has 0 fully saturated rings. The minimum absolute atomic E-state index is 0.00656. The van der Waals surface area contributed by atoms with E-state index in [9.17, 15) is 14.4 Å². The van der Waals surface area contributed by atoms with Gasteiger partial charge in [-0.25, -0.2) is 9.18 Å². The molecule has 0 amide bonds. The van der Waals surface area contributed by atoms with Gasteiger partial charge in [0.1, 0.15) is 17.6 Å². The maximum absolute atomic E-state index is 15.2. The first-order chi connectivity index (χ1) is 18.4. The van der Waals surface area contributed by atoms with E-state index >= 15 is 4.39 Å². The van der Waals surface area contributed by atoms with Gasteiger partial charge >= 0.3 is 11.9 Å². The molecule has 3 aromatic rings. The molecule has 5 rings (SSSR count). The van der Waals surface area contributed by atoms with E-state index in [4.69, 9.17) is 15.2 Å². The molecule has 0 saturated heterocycles. The number of hydrogen-bond acceptors (Lipinski definition) is 8. The summed E-state index contributed by atoms with van der Waals surface area (Å²) in [6, 6.07) is 18.8. The second-order valence-electron chi connectivity index (χ2n) is 8.97. The molecule has 2 heterocycles. The van der Waals surface area contributed by atoms with Crippen molar-refractivity contribution in [3.63, 3.8) is 0 Å². The van der Waals surface area contributed by atoms with Gasteiger partial charge in [-0.05, 0) is 35.6 Å². The number of methoxy groups -OCH3 is 2. The van der Waals surface area contributed by atoms with E-state index in [0.717, 1.165) is 5.56 Å². The molecule has 0 bridgehead atoms. The Morgan fingerprint density at radius 1 is 1.00 bits per heavy atom. The SMILES string of the molecule is COC(=O)C1=C(N)N(c2ccccc2F)C2=C(C(=O)[C@H](C(=O)OC)[C@@H](c3ccccc3)C2)[C@H]1c1cccs1. The molecule has 0 unspecified atom stereocenters. The highest BCUT2D eigenvalue weighted by Crippen LogP contribution is 2.52. The molecule has 0 saturated carbocycles. The lowest BCUT2D eigenvalue weighted by molar-refractivity contribution is -0.150. The van der Waals surface area contributed by atoms with Crippen molar-refractivity contribution in [2.45, 2.75) is 18.3 Å². The molecule has 9 heteroatoms. The molecule has 1 aromatic heterocycles. The lowest BCUT2D eigenvalue weighted by Gasteiger charge is -2.43. The summed E-state index contributed by atoms with van der Waals surface area (Å²) in [5.41, 5.74) is 8.13. The van der Waals surface area contributed by atoms with E-state index < -0.39 is 41.3 Å². The summed E-state index contributed by atoms with van der Waals surface area (Å²) in [7, 11) is 2.46. The Morgan fingerprint density at radius 3 is 2.34 bits per heavy atom. The van der Waals surface area contributed by atoms with Crippen molar-refractivity contribution in [1.82, 2.24) is 0 Å². The van der Waals surface area contributed by atoms with E-state index in [1.54, 1.807) is 24.3 Å². The smallest absolute Gasteiger partial charge is 0.338 e. The van der Waals surface area contributed by atoms with E-state index in [2.05, 4.69) is 0 Å². The average molecular weight is 533 g/mol. The number of hydrogen-bond donors (Lipinski definition) is 1. The number of benzene rings is 2. The lowest BCUT2D eigenvalue weighted by Crippen LogP contribution is -2.46. The number of esters is 2. The molecule has 3 atom stereocenters. The summed E-state index contributed by atoms with van der Waals surface area (Å²) < 4.78 is 25.4. The van der Waals surface area contributed by atoms with Gasteiger partial charge in [-0.2, -0.15) is 0 Å². The van der Waals surface area contributed by atoms with Crippen molar-refractivity contribution in [1.29, 1.82) is 0 Å². The first kappa shape index (κ1) is 25.4. The number of allylic oxidation sites excluding steroid dienone is 2. The number of ether oxygens (including phenoxy) is 2. The molecule has 1 aliphatic heterocycles. The maximum atomic E-state index is 15.2. The zero-order valence-electron chi connectivity index (χ0n) is 20.7. The Morgan fingerprint density at radius 2 is 1.71 bits per heavy atom. The molecule has 194 valence electrons. The quantitative estimate of drug-likeness (QED) is 0.378. The normalized spacial score (nSPS) is 21.3. The predicted molar refractivity (Wildman–Crippen MR) is 141 cm³/mol. The fourth-order valence-electron chi connectivity index (χ4n) is 5.40. The van der Waals surface area contributed by atoms with Crippen LogP contribution in [-0.2, 0) is 23.9 Å². The molecule has 38 heavy (non-hydrogen) atoms. The Labute approximate surface area is 223 Å². The molecule has 2 N–H and O–H groups in total. The van der Waals surface area contributed by atoms with Crippen LogP contribution >= 0.6 is 11.3 Å². The molecular formula is C29H25FN2O5S. The van der Waals surface area contributed by atoms with Gasteiger partial charge in [0, 0.05) is 22.1 Å². The number of Topliss-reactive ketones (excluding diaryl/α,β-unsaturated/α-hetero) is 1. The second-order valence-corrected chi connectivity index (χ2v) is 9.95. The van der Waals surface area contributed by atoms with Crippen molar-refractivity contribution in [2.75, 3.05) is 19.1 Å². The van der Waals surface area contributed by atoms with Gasteiger partial charge in [0.05, 0.1) is 31.4 Å². The minimum atomic E-state index is -1.16. The number of carbonyl (C=O) groups is 3. The van der Waals surface area contributed by atoms with Gasteiger partial charge in [0.2, 0.25) is 0 Å². The molecule has 7 nitrogen and oxygen atoms in total. The zero-order valence-corrected chi connectivity index (χ0v) is 21.5. The number of nitrogens with zero attached hydrogens (tertiary/aromatic N) is 1. The number of carbonyl (C=O) groups excluding carboxylic acids is 3. The first-order valence-electron chi connectivity index (χ1n) is 11.9. The topological polar surface area (TPSA) is 98.9 Å². The molecule has 0 spiro atoms. The average Bonchev–Trinajstić information content (AvgIpc) is 3.47. The Kier molecular flexibility index (Phi) is 6.86. The Hall–Kier alpha value is -4.24. The third kappa shape index (κ3) is 4.09. The number of nitrogens with two attached hydrogens (primary N) is 1. The third-order valence-electron chi connectivity index (χ3n) is 7.05. The molecular weight excluding hydrogens is 507 g/mol. The molecule has 1 aliphatic carbocycles. The number of thiophene rings is 1. The van der Waals surface area contributed by atoms with Crippen LogP contribution in [0.3, 0.4) is 0 Å². The highest BCUT2D eigenvalue weighted by molar-refractivity contribution is 7.10. The van der Waals surface area contributed by atoms with Gasteiger partial charge in [-0.15, -0.1) is 11.3 Å². The van der Waals surface area contributed by atoms with Crippen molar-refractivity contribution in [3.8, 4) is 0 Å². The van der Waals surface area contributed by atoms with Crippen LogP contribution in [-0.4, -0.2) is 31.9 Å². The maximum Gasteiger partial charge on any atom is 0.338 e. The lowest BCUT2D eigenvalue weighted by atomic mass is 9.68. The summed E-state index contributed by atoms with van der Waals surface area (Å²) in [4.78, 5) is 42.8. The Balaban J connectivity index is 1.83. The van der Waals surface area contributed by atoms with Gasteiger partial charge in [-0.1, -0.05) is 48.5 Å². The van der Waals surface area contributed by atoms with E-state index in [-0.39, 0.29) is 29.1 Å². The van der Waals surface area contributed by atoms with Crippen molar-refractivity contribution in [3.05, 3.63) is 111 Å². The molecule has 2 aliphatic rings. The van der Waals surface area contributed by atoms with Crippen LogP contribution in [0.2, 0.25) is 0 Å². The van der Waals surface area contributed by atoms with Crippen LogP contribution < -0.4 is 10.6 Å². The van der Waals surface area contributed by atoms with Gasteiger partial charge in [-0.3, -0.25) is 14.5 Å². The molecule has 0 radical (unpaired) electrons. The van der Waals surface area contributed by atoms with Crippen molar-refractivity contribution >= 4 is 34.7 Å². The van der Waals surface area contributed by atoms with Crippen LogP contribution in [0.1, 0.15) is 28.7 Å². The standard InChI is InChI=1S/C29H25FN2O5S/c1-36-28(34)22-17(16-9-4-3-5-10-16)15-20-23(26(22)33)24(21-13-8-14-38-21)25(29(35)37-2)27(31)32(20)19-12-7-6-11-18(19)30/h3-14,17,22,24H,15,31H2,1-2H3/t17-,22-,24-/m1/s1. The summed E-state index contributed by atoms with van der Waals surface area (Å²) in [5, 5.41) is 1.82. The van der Waals surface area contributed by atoms with Crippen LogP contribution in [0.15, 0.2) is 94.8 Å². The van der Waals surface area contributed by atoms with E-state index in [1.807, 2.05) is 35.7 Å². The number of halogens is 1. The summed E-state index contributed by atoms with van der Waals surface area (Å²) in [6.07, 6.45) is 0.177. The number of para-hydroxylation sites is 1.